The minimum Gasteiger partial charge on any atom is -0.320 e. The van der Waals surface area contributed by atoms with Crippen molar-refractivity contribution in [1.29, 1.82) is 0 Å². The predicted octanol–water partition coefficient (Wildman–Crippen LogP) is 0.658. The molecule has 0 spiro atoms. The number of nitrogens with one attached hydrogen (secondary N) is 1. The maximum absolute atomic E-state index is 11.4. The molecule has 3 N–H and O–H groups in total. The van der Waals surface area contributed by atoms with Crippen LogP contribution in [0.15, 0.2) is 6.07 Å². The molecule has 5 nitrogen and oxygen atoms in total. The zero-order chi connectivity index (χ0) is 11.4. The Balaban J connectivity index is 2.72. The van der Waals surface area contributed by atoms with Crippen LogP contribution in [0.25, 0.3) is 0 Å². The Labute approximate surface area is 89.6 Å². The Kier molecular flexibility index (Phi) is 3.85. The van der Waals surface area contributed by atoms with Crippen molar-refractivity contribution in [3.63, 3.8) is 0 Å². The number of rotatable bonds is 4. The highest BCUT2D eigenvalue weighted by atomic mass is 16.2. The summed E-state index contributed by atoms with van der Waals surface area (Å²) >= 11 is 0. The fraction of sp³-hybridized carbons (Fsp3) is 0.600. The van der Waals surface area contributed by atoms with Crippen molar-refractivity contribution >= 4 is 11.7 Å². The van der Waals surface area contributed by atoms with Gasteiger partial charge in [-0.25, -0.2) is 0 Å². The number of carbonyl (C=O) groups excluding carboxylic acids is 1. The monoisotopic (exact) mass is 210 g/mol. The van der Waals surface area contributed by atoms with Gasteiger partial charge >= 0.3 is 0 Å². The third kappa shape index (κ3) is 3.06. The fourth-order valence-corrected chi connectivity index (χ4v) is 1.26. The molecule has 0 bridgehead atoms. The first-order valence-corrected chi connectivity index (χ1v) is 5.14. The van der Waals surface area contributed by atoms with Gasteiger partial charge in [0.2, 0.25) is 5.91 Å². The van der Waals surface area contributed by atoms with Crippen molar-refractivity contribution in [2.75, 3.05) is 5.32 Å². The van der Waals surface area contributed by atoms with Crippen LogP contribution in [0.1, 0.15) is 26.0 Å². The van der Waals surface area contributed by atoms with Gasteiger partial charge in [-0.05, 0) is 13.3 Å². The lowest BCUT2D eigenvalue weighted by molar-refractivity contribution is -0.117. The Hall–Kier alpha value is -1.36. The number of aryl methyl sites for hydroxylation is 2. The minimum absolute atomic E-state index is 0.193. The predicted molar refractivity (Wildman–Crippen MR) is 59.5 cm³/mol. The van der Waals surface area contributed by atoms with Crippen LogP contribution in [0, 0.1) is 0 Å². The lowest BCUT2D eigenvalue weighted by atomic mass is 10.2. The van der Waals surface area contributed by atoms with Crippen molar-refractivity contribution in [2.24, 2.45) is 12.8 Å². The van der Waals surface area contributed by atoms with Gasteiger partial charge in [-0.3, -0.25) is 9.48 Å². The molecule has 15 heavy (non-hydrogen) atoms. The zero-order valence-electron chi connectivity index (χ0n) is 9.45. The van der Waals surface area contributed by atoms with E-state index in [4.69, 9.17) is 5.73 Å². The molecule has 84 valence electrons. The summed E-state index contributed by atoms with van der Waals surface area (Å²) in [5.41, 5.74) is 6.44. The molecule has 0 aliphatic carbocycles. The van der Waals surface area contributed by atoms with Gasteiger partial charge in [0.15, 0.2) is 0 Å². The lowest BCUT2D eigenvalue weighted by Gasteiger charge is -2.06. The number of carbonyl (C=O) groups is 1. The largest absolute Gasteiger partial charge is 0.320 e. The summed E-state index contributed by atoms with van der Waals surface area (Å²) < 4.78 is 1.66. The Morgan fingerprint density at radius 2 is 2.40 bits per heavy atom. The van der Waals surface area contributed by atoms with Gasteiger partial charge in [-0.15, -0.1) is 0 Å². The first-order chi connectivity index (χ1) is 7.04. The van der Waals surface area contributed by atoms with Crippen LogP contribution in [0.2, 0.25) is 0 Å². The molecule has 1 aromatic heterocycles. The van der Waals surface area contributed by atoms with Crippen molar-refractivity contribution < 1.29 is 4.79 Å². The zero-order valence-corrected chi connectivity index (χ0v) is 9.45. The van der Waals surface area contributed by atoms with Gasteiger partial charge in [-0.1, -0.05) is 13.3 Å². The summed E-state index contributed by atoms with van der Waals surface area (Å²) in [6.45, 7) is 3.74. The average molecular weight is 210 g/mol. The summed E-state index contributed by atoms with van der Waals surface area (Å²) in [7, 11) is 1.80. The molecule has 0 aromatic carbocycles. The summed E-state index contributed by atoms with van der Waals surface area (Å²) in [5.74, 6) is 0.502. The summed E-state index contributed by atoms with van der Waals surface area (Å²) in [4.78, 5) is 11.4. The number of nitrogens with two attached hydrogens (primary N) is 1. The van der Waals surface area contributed by atoms with Crippen molar-refractivity contribution in [3.8, 4) is 0 Å². The number of amides is 1. The highest BCUT2D eigenvalue weighted by molar-refractivity contribution is 5.93. The van der Waals surface area contributed by atoms with E-state index in [1.165, 1.54) is 0 Å². The maximum Gasteiger partial charge on any atom is 0.242 e. The third-order valence-electron chi connectivity index (χ3n) is 2.10. The van der Waals surface area contributed by atoms with Crippen molar-refractivity contribution in [1.82, 2.24) is 9.78 Å². The second-order valence-corrected chi connectivity index (χ2v) is 3.67. The van der Waals surface area contributed by atoms with Crippen LogP contribution in [0.5, 0.6) is 0 Å². The van der Waals surface area contributed by atoms with Crippen molar-refractivity contribution in [2.45, 2.75) is 32.7 Å². The third-order valence-corrected chi connectivity index (χ3v) is 2.10. The fourth-order valence-electron chi connectivity index (χ4n) is 1.26. The van der Waals surface area contributed by atoms with Gasteiger partial charge in [0, 0.05) is 13.1 Å². The molecule has 5 heteroatoms. The first kappa shape index (κ1) is 11.7. The van der Waals surface area contributed by atoms with Crippen LogP contribution in [0.3, 0.4) is 0 Å². The van der Waals surface area contributed by atoms with Gasteiger partial charge in [0.1, 0.15) is 5.82 Å². The Morgan fingerprint density at radius 1 is 1.73 bits per heavy atom. The van der Waals surface area contributed by atoms with E-state index in [2.05, 4.69) is 17.3 Å². The maximum atomic E-state index is 11.4. The number of anilines is 1. The molecule has 1 amide bonds. The van der Waals surface area contributed by atoms with Crippen molar-refractivity contribution in [3.05, 3.63) is 11.8 Å². The quantitative estimate of drug-likeness (QED) is 0.766. The molecule has 1 atom stereocenters. The Bertz CT molecular complexity index is 343. The molecule has 1 aromatic rings. The van der Waals surface area contributed by atoms with Crippen LogP contribution in [-0.4, -0.2) is 21.7 Å². The lowest BCUT2D eigenvalue weighted by Crippen LogP contribution is -2.33. The topological polar surface area (TPSA) is 72.9 Å². The number of aromatic nitrogens is 2. The summed E-state index contributed by atoms with van der Waals surface area (Å²) in [5, 5.41) is 7.00. The molecule has 1 rings (SSSR count). The van der Waals surface area contributed by atoms with Crippen LogP contribution in [0.4, 0.5) is 5.82 Å². The van der Waals surface area contributed by atoms with Gasteiger partial charge < -0.3 is 11.1 Å². The minimum atomic E-state index is -0.505. The molecule has 0 aliphatic rings. The number of hydrogen-bond donors (Lipinski definition) is 2. The van der Waals surface area contributed by atoms with E-state index in [0.717, 1.165) is 18.5 Å². The smallest absolute Gasteiger partial charge is 0.242 e. The van der Waals surface area contributed by atoms with Gasteiger partial charge in [0.05, 0.1) is 11.7 Å². The van der Waals surface area contributed by atoms with E-state index in [9.17, 15) is 4.79 Å². The van der Waals surface area contributed by atoms with Crippen LogP contribution >= 0.6 is 0 Å². The summed E-state index contributed by atoms with van der Waals surface area (Å²) in [6.07, 6.45) is 1.96. The molecule has 0 saturated carbocycles. The average Bonchev–Trinajstić information content (AvgIpc) is 2.47. The second kappa shape index (κ2) is 4.93. The highest BCUT2D eigenvalue weighted by Gasteiger charge is 2.11. The van der Waals surface area contributed by atoms with E-state index in [1.807, 2.05) is 6.07 Å². The van der Waals surface area contributed by atoms with E-state index in [1.54, 1.807) is 18.7 Å². The molecular formula is C10H18N4O. The molecule has 0 fully saturated rings. The molecule has 0 saturated heterocycles. The summed E-state index contributed by atoms with van der Waals surface area (Å²) in [6, 6.07) is 1.37. The van der Waals surface area contributed by atoms with E-state index in [-0.39, 0.29) is 5.91 Å². The van der Waals surface area contributed by atoms with E-state index >= 15 is 0 Å². The van der Waals surface area contributed by atoms with E-state index in [0.29, 0.717) is 5.82 Å². The Morgan fingerprint density at radius 3 is 2.93 bits per heavy atom. The number of hydrogen-bond acceptors (Lipinski definition) is 3. The normalized spacial score (nSPS) is 12.5. The van der Waals surface area contributed by atoms with Crippen LogP contribution < -0.4 is 11.1 Å². The number of nitrogens with zero attached hydrogens (tertiary/aromatic N) is 2. The highest BCUT2D eigenvalue weighted by Crippen LogP contribution is 2.10. The van der Waals surface area contributed by atoms with Gasteiger partial charge in [-0.2, -0.15) is 5.10 Å². The SMILES string of the molecule is CCCc1cc(NC(=O)C(C)N)n(C)n1. The molecule has 0 aliphatic heterocycles. The standard InChI is InChI=1S/C10H18N4O/c1-4-5-8-6-9(14(3)13-8)12-10(15)7(2)11/h6-7H,4-5,11H2,1-3H3,(H,12,15). The van der Waals surface area contributed by atoms with E-state index < -0.39 is 6.04 Å². The van der Waals surface area contributed by atoms with Gasteiger partial charge in [0.25, 0.3) is 0 Å². The molecular weight excluding hydrogens is 192 g/mol. The molecule has 1 heterocycles. The molecule has 1 unspecified atom stereocenters. The molecule has 0 radical (unpaired) electrons. The van der Waals surface area contributed by atoms with Crippen LogP contribution in [-0.2, 0) is 18.3 Å². The first-order valence-electron chi connectivity index (χ1n) is 5.14. The second-order valence-electron chi connectivity index (χ2n) is 3.67.